The number of para-hydroxylation sites is 1. The first-order valence-electron chi connectivity index (χ1n) is 7.89. The third-order valence-electron chi connectivity index (χ3n) is 5.42. The fourth-order valence-corrected chi connectivity index (χ4v) is 4.17. The lowest BCUT2D eigenvalue weighted by atomic mass is 9.87. The molecule has 2 aliphatic heterocycles. The summed E-state index contributed by atoms with van der Waals surface area (Å²) < 4.78 is 5.69. The summed E-state index contributed by atoms with van der Waals surface area (Å²) in [6, 6.07) is 7.27. The molecule has 0 radical (unpaired) electrons. The second-order valence-electron chi connectivity index (χ2n) is 6.54. The third kappa shape index (κ3) is 1.84. The zero-order valence-corrected chi connectivity index (χ0v) is 12.3. The van der Waals surface area contributed by atoms with Crippen molar-refractivity contribution in [3.63, 3.8) is 0 Å². The van der Waals surface area contributed by atoms with Crippen molar-refractivity contribution in [2.45, 2.75) is 37.1 Å². The van der Waals surface area contributed by atoms with Crippen LogP contribution in [0.5, 0.6) is 5.75 Å². The molecular formula is C17H19NO4. The highest BCUT2D eigenvalue weighted by Crippen LogP contribution is 2.61. The lowest BCUT2D eigenvalue weighted by molar-refractivity contribution is -0.149. The van der Waals surface area contributed by atoms with E-state index in [9.17, 15) is 14.7 Å². The van der Waals surface area contributed by atoms with Crippen molar-refractivity contribution in [1.82, 2.24) is 4.90 Å². The molecule has 0 bridgehead atoms. The summed E-state index contributed by atoms with van der Waals surface area (Å²) >= 11 is 0. The molecule has 22 heavy (non-hydrogen) atoms. The Morgan fingerprint density at radius 2 is 2.14 bits per heavy atom. The van der Waals surface area contributed by atoms with Crippen molar-refractivity contribution in [2.75, 3.05) is 13.2 Å². The van der Waals surface area contributed by atoms with E-state index in [1.54, 1.807) is 4.90 Å². The second kappa shape index (κ2) is 4.73. The minimum Gasteiger partial charge on any atom is -0.493 e. The van der Waals surface area contributed by atoms with E-state index in [-0.39, 0.29) is 17.2 Å². The van der Waals surface area contributed by atoms with Crippen molar-refractivity contribution >= 4 is 11.9 Å². The van der Waals surface area contributed by atoms with Gasteiger partial charge in [0, 0.05) is 23.4 Å². The van der Waals surface area contributed by atoms with Gasteiger partial charge in [-0.2, -0.15) is 0 Å². The molecule has 1 amide bonds. The number of carboxylic acid groups (broad SMARTS) is 1. The van der Waals surface area contributed by atoms with Crippen LogP contribution in [0.2, 0.25) is 0 Å². The highest BCUT2D eigenvalue weighted by atomic mass is 16.5. The van der Waals surface area contributed by atoms with Gasteiger partial charge >= 0.3 is 5.97 Å². The van der Waals surface area contributed by atoms with Gasteiger partial charge in [0.1, 0.15) is 11.8 Å². The minimum atomic E-state index is -0.882. The maximum atomic E-state index is 12.8. The summed E-state index contributed by atoms with van der Waals surface area (Å²) in [5, 5.41) is 9.28. The van der Waals surface area contributed by atoms with E-state index in [0.717, 1.165) is 30.6 Å². The molecule has 4 rings (SSSR count). The Bertz CT molecular complexity index is 643. The molecular weight excluding hydrogens is 282 g/mol. The average Bonchev–Trinajstić information content (AvgIpc) is 3.01. The number of ether oxygens (including phenoxy) is 1. The Hall–Kier alpha value is -2.04. The molecule has 1 aromatic rings. The first kappa shape index (κ1) is 13.6. The molecule has 2 fully saturated rings. The van der Waals surface area contributed by atoms with Crippen LogP contribution in [0.25, 0.3) is 0 Å². The van der Waals surface area contributed by atoms with E-state index >= 15 is 0 Å². The van der Waals surface area contributed by atoms with Gasteiger partial charge in [0.25, 0.3) is 0 Å². The maximum absolute atomic E-state index is 12.8. The summed E-state index contributed by atoms with van der Waals surface area (Å²) in [7, 11) is 0. The molecule has 5 heteroatoms. The monoisotopic (exact) mass is 301 g/mol. The van der Waals surface area contributed by atoms with Crippen molar-refractivity contribution in [2.24, 2.45) is 5.92 Å². The van der Waals surface area contributed by atoms with Crippen LogP contribution in [-0.2, 0) is 15.0 Å². The van der Waals surface area contributed by atoms with Crippen molar-refractivity contribution in [3.05, 3.63) is 29.8 Å². The van der Waals surface area contributed by atoms with E-state index in [1.165, 1.54) is 0 Å². The van der Waals surface area contributed by atoms with E-state index in [2.05, 4.69) is 0 Å². The Kier molecular flexibility index (Phi) is 2.93. The molecule has 1 spiro atoms. The average molecular weight is 301 g/mol. The van der Waals surface area contributed by atoms with E-state index < -0.39 is 12.0 Å². The standard InChI is InChI=1S/C17H19NO4/c19-15(18-8-3-5-13(18)16(20)21)12-10-17(12)7-9-22-14-6-2-1-4-11(14)17/h1-2,4,6,12-13H,3,5,7-10H2,(H,20,21)/t12?,13-,17?/m1/s1. The van der Waals surface area contributed by atoms with Gasteiger partial charge in [-0.3, -0.25) is 4.79 Å². The topological polar surface area (TPSA) is 66.8 Å². The molecule has 0 aromatic heterocycles. The molecule has 3 aliphatic rings. The van der Waals surface area contributed by atoms with Crippen LogP contribution in [-0.4, -0.2) is 41.1 Å². The minimum absolute atomic E-state index is 0.0154. The van der Waals surface area contributed by atoms with E-state index in [0.29, 0.717) is 19.6 Å². The van der Waals surface area contributed by atoms with Crippen LogP contribution in [0.4, 0.5) is 0 Å². The van der Waals surface area contributed by atoms with Gasteiger partial charge in [-0.25, -0.2) is 4.79 Å². The quantitative estimate of drug-likeness (QED) is 0.904. The maximum Gasteiger partial charge on any atom is 0.326 e. The fourth-order valence-electron chi connectivity index (χ4n) is 4.17. The molecule has 5 nitrogen and oxygen atoms in total. The molecule has 116 valence electrons. The van der Waals surface area contributed by atoms with Crippen LogP contribution < -0.4 is 4.74 Å². The zero-order chi connectivity index (χ0) is 15.3. The van der Waals surface area contributed by atoms with Crippen LogP contribution in [0.15, 0.2) is 24.3 Å². The van der Waals surface area contributed by atoms with Gasteiger partial charge in [0.05, 0.1) is 6.61 Å². The summed E-state index contributed by atoms with van der Waals surface area (Å²) in [5.74, 6) is -0.0766. The Balaban J connectivity index is 1.60. The number of benzene rings is 1. The third-order valence-corrected chi connectivity index (χ3v) is 5.42. The van der Waals surface area contributed by atoms with Crippen LogP contribution >= 0.6 is 0 Å². The highest BCUT2D eigenvalue weighted by Gasteiger charge is 2.62. The van der Waals surface area contributed by atoms with Gasteiger partial charge in [0.15, 0.2) is 0 Å². The smallest absolute Gasteiger partial charge is 0.326 e. The number of likely N-dealkylation sites (tertiary alicyclic amines) is 1. The van der Waals surface area contributed by atoms with Gasteiger partial charge in [0.2, 0.25) is 5.91 Å². The number of hydrogen-bond acceptors (Lipinski definition) is 3. The highest BCUT2D eigenvalue weighted by molar-refractivity contribution is 5.89. The van der Waals surface area contributed by atoms with Crippen molar-refractivity contribution < 1.29 is 19.4 Å². The van der Waals surface area contributed by atoms with E-state index in [1.807, 2.05) is 24.3 Å². The Morgan fingerprint density at radius 1 is 1.32 bits per heavy atom. The Labute approximate surface area is 128 Å². The summed E-state index contributed by atoms with van der Waals surface area (Å²) in [6.07, 6.45) is 3.00. The first-order chi connectivity index (χ1) is 10.6. The largest absolute Gasteiger partial charge is 0.493 e. The zero-order valence-electron chi connectivity index (χ0n) is 12.3. The van der Waals surface area contributed by atoms with Gasteiger partial charge in [-0.15, -0.1) is 0 Å². The molecule has 2 unspecified atom stereocenters. The van der Waals surface area contributed by atoms with Crippen LogP contribution in [0.3, 0.4) is 0 Å². The van der Waals surface area contributed by atoms with Crippen molar-refractivity contribution in [3.8, 4) is 5.75 Å². The number of fused-ring (bicyclic) bond motifs is 2. The van der Waals surface area contributed by atoms with Gasteiger partial charge in [-0.05, 0) is 31.7 Å². The number of hydrogen-bond donors (Lipinski definition) is 1. The molecule has 2 heterocycles. The molecule has 3 atom stereocenters. The van der Waals surface area contributed by atoms with Gasteiger partial charge in [-0.1, -0.05) is 18.2 Å². The number of aliphatic carboxylic acids is 1. The first-order valence-corrected chi connectivity index (χ1v) is 7.89. The van der Waals surface area contributed by atoms with Gasteiger partial charge < -0.3 is 14.7 Å². The molecule has 1 N–H and O–H groups in total. The fraction of sp³-hybridized carbons (Fsp3) is 0.529. The molecule has 1 saturated heterocycles. The molecule has 1 aliphatic carbocycles. The summed E-state index contributed by atoms with van der Waals surface area (Å²) in [5.41, 5.74) is 0.989. The summed E-state index contributed by atoms with van der Waals surface area (Å²) in [4.78, 5) is 25.7. The molecule has 1 aromatic carbocycles. The predicted octanol–water partition coefficient (Wildman–Crippen LogP) is 1.80. The predicted molar refractivity (Wildman–Crippen MR) is 78.7 cm³/mol. The number of amides is 1. The SMILES string of the molecule is O=C(O)[C@H]1CCCN1C(=O)C1CC12CCOc1ccccc12. The Morgan fingerprint density at radius 3 is 2.95 bits per heavy atom. The van der Waals surface area contributed by atoms with Crippen LogP contribution in [0, 0.1) is 5.92 Å². The van der Waals surface area contributed by atoms with E-state index in [4.69, 9.17) is 4.74 Å². The number of rotatable bonds is 2. The number of carbonyl (C=O) groups excluding carboxylic acids is 1. The second-order valence-corrected chi connectivity index (χ2v) is 6.54. The lowest BCUT2D eigenvalue weighted by Crippen LogP contribution is -2.42. The number of carbonyl (C=O) groups is 2. The molecule has 1 saturated carbocycles. The summed E-state index contributed by atoms with van der Waals surface area (Å²) in [6.45, 7) is 1.20. The van der Waals surface area contributed by atoms with Crippen LogP contribution in [0.1, 0.15) is 31.2 Å². The van der Waals surface area contributed by atoms with Crippen molar-refractivity contribution in [1.29, 1.82) is 0 Å². The number of nitrogens with zero attached hydrogens (tertiary/aromatic N) is 1. The number of carboxylic acids is 1. The normalized spacial score (nSPS) is 32.5. The lowest BCUT2D eigenvalue weighted by Gasteiger charge is -2.28.